The quantitative estimate of drug-likeness (QED) is 0.901. The highest BCUT2D eigenvalue weighted by Gasteiger charge is 2.26. The molecule has 1 unspecified atom stereocenters. The third-order valence-corrected chi connectivity index (χ3v) is 4.59. The molecule has 0 saturated carbocycles. The van der Waals surface area contributed by atoms with Crippen molar-refractivity contribution < 1.29 is 4.79 Å². The van der Waals surface area contributed by atoms with Gasteiger partial charge in [0.25, 0.3) is 5.56 Å². The number of piperidine rings is 1. The number of hydrogen-bond donors (Lipinski definition) is 2. The number of aromatic amines is 1. The summed E-state index contributed by atoms with van der Waals surface area (Å²) < 4.78 is 0. The minimum atomic E-state index is -0.138. The fourth-order valence-corrected chi connectivity index (χ4v) is 3.29. The molecule has 6 nitrogen and oxygen atoms in total. The average molecular weight is 340 g/mol. The number of urea groups is 1. The van der Waals surface area contributed by atoms with Crippen molar-refractivity contribution in [2.75, 3.05) is 18.4 Å². The summed E-state index contributed by atoms with van der Waals surface area (Å²) in [5.74, 6) is 0.711. The minimum Gasteiger partial charge on any atom is -0.324 e. The zero-order chi connectivity index (χ0) is 17.8. The summed E-state index contributed by atoms with van der Waals surface area (Å²) in [6, 6.07) is 9.36. The van der Waals surface area contributed by atoms with Crippen LogP contribution in [0.2, 0.25) is 0 Å². The summed E-state index contributed by atoms with van der Waals surface area (Å²) in [7, 11) is 0. The van der Waals surface area contributed by atoms with E-state index >= 15 is 0 Å². The highest BCUT2D eigenvalue weighted by molar-refractivity contribution is 5.89. The summed E-state index contributed by atoms with van der Waals surface area (Å²) in [5, 5.41) is 2.98. The molecule has 1 saturated heterocycles. The molecule has 2 amide bonds. The fourth-order valence-electron chi connectivity index (χ4n) is 3.29. The molecule has 1 atom stereocenters. The lowest BCUT2D eigenvalue weighted by atomic mass is 9.94. The first-order valence-corrected chi connectivity index (χ1v) is 8.78. The molecule has 2 N–H and O–H groups in total. The Hall–Kier alpha value is -2.63. The summed E-state index contributed by atoms with van der Waals surface area (Å²) in [4.78, 5) is 33.2. The molecule has 25 heavy (non-hydrogen) atoms. The van der Waals surface area contributed by atoms with Crippen LogP contribution in [0.1, 0.15) is 42.8 Å². The number of nitrogens with one attached hydrogen (secondary N) is 2. The Balaban J connectivity index is 1.70. The first-order chi connectivity index (χ1) is 12.0. The van der Waals surface area contributed by atoms with Crippen LogP contribution in [-0.2, 0) is 6.42 Å². The second-order valence-electron chi connectivity index (χ2n) is 6.52. The second kappa shape index (κ2) is 7.51. The second-order valence-corrected chi connectivity index (χ2v) is 6.52. The number of hydrogen-bond acceptors (Lipinski definition) is 3. The van der Waals surface area contributed by atoms with Crippen molar-refractivity contribution in [1.82, 2.24) is 14.9 Å². The third-order valence-electron chi connectivity index (χ3n) is 4.59. The molecule has 2 heterocycles. The molecular formula is C19H24N4O2. The van der Waals surface area contributed by atoms with Crippen molar-refractivity contribution in [3.8, 4) is 0 Å². The van der Waals surface area contributed by atoms with Gasteiger partial charge in [-0.15, -0.1) is 0 Å². The fraction of sp³-hybridized carbons (Fsp3) is 0.421. The summed E-state index contributed by atoms with van der Waals surface area (Å²) in [6.07, 6.45) is 2.77. The molecule has 1 aliphatic rings. The van der Waals surface area contributed by atoms with Crippen LogP contribution in [0.4, 0.5) is 10.5 Å². The van der Waals surface area contributed by atoms with Gasteiger partial charge in [0.15, 0.2) is 0 Å². The van der Waals surface area contributed by atoms with Crippen LogP contribution in [0.25, 0.3) is 0 Å². The Labute approximate surface area is 147 Å². The van der Waals surface area contributed by atoms with Gasteiger partial charge in [0.2, 0.25) is 0 Å². The van der Waals surface area contributed by atoms with Crippen molar-refractivity contribution in [3.05, 3.63) is 57.8 Å². The lowest BCUT2D eigenvalue weighted by Gasteiger charge is -2.32. The first kappa shape index (κ1) is 17.2. The van der Waals surface area contributed by atoms with E-state index in [2.05, 4.69) is 22.2 Å². The highest BCUT2D eigenvalue weighted by Crippen LogP contribution is 2.25. The molecule has 6 heteroatoms. The molecule has 2 aromatic rings. The van der Waals surface area contributed by atoms with Crippen LogP contribution in [0.5, 0.6) is 0 Å². The van der Waals surface area contributed by atoms with Crippen LogP contribution in [0.3, 0.4) is 0 Å². The molecule has 3 rings (SSSR count). The Morgan fingerprint density at radius 2 is 2.24 bits per heavy atom. The van der Waals surface area contributed by atoms with Crippen molar-refractivity contribution in [3.63, 3.8) is 0 Å². The molecule has 1 aliphatic heterocycles. The molecule has 1 aromatic carbocycles. The number of anilines is 1. The van der Waals surface area contributed by atoms with Crippen LogP contribution in [0.15, 0.2) is 35.1 Å². The molecule has 0 spiro atoms. The number of aromatic nitrogens is 2. The molecule has 1 aromatic heterocycles. The van der Waals surface area contributed by atoms with Crippen molar-refractivity contribution in [1.29, 1.82) is 0 Å². The van der Waals surface area contributed by atoms with E-state index in [1.54, 1.807) is 13.0 Å². The van der Waals surface area contributed by atoms with E-state index in [1.165, 1.54) is 5.56 Å². The molecule has 0 bridgehead atoms. The number of carbonyl (C=O) groups is 1. The smallest absolute Gasteiger partial charge is 0.321 e. The van der Waals surface area contributed by atoms with E-state index in [0.717, 1.165) is 37.2 Å². The van der Waals surface area contributed by atoms with Crippen LogP contribution in [0, 0.1) is 6.92 Å². The van der Waals surface area contributed by atoms with Gasteiger partial charge in [-0.25, -0.2) is 9.78 Å². The van der Waals surface area contributed by atoms with Gasteiger partial charge in [0.05, 0.1) is 5.69 Å². The monoisotopic (exact) mass is 340 g/mol. The zero-order valence-electron chi connectivity index (χ0n) is 14.7. The minimum absolute atomic E-state index is 0.0977. The van der Waals surface area contributed by atoms with Crippen molar-refractivity contribution in [2.24, 2.45) is 0 Å². The Kier molecular flexibility index (Phi) is 5.16. The maximum Gasteiger partial charge on any atom is 0.321 e. The van der Waals surface area contributed by atoms with Gasteiger partial charge in [-0.2, -0.15) is 0 Å². The zero-order valence-corrected chi connectivity index (χ0v) is 14.7. The largest absolute Gasteiger partial charge is 0.324 e. The number of benzene rings is 1. The molecule has 1 fully saturated rings. The van der Waals surface area contributed by atoms with Gasteiger partial charge in [-0.3, -0.25) is 4.79 Å². The van der Waals surface area contributed by atoms with Crippen molar-refractivity contribution in [2.45, 2.75) is 39.0 Å². The molecule has 0 aliphatic carbocycles. The maximum absolute atomic E-state index is 12.6. The average Bonchev–Trinajstić information content (AvgIpc) is 2.61. The number of carbonyl (C=O) groups excluding carboxylic acids is 1. The van der Waals surface area contributed by atoms with Gasteiger partial charge < -0.3 is 15.2 Å². The number of H-pyrrole nitrogens is 1. The number of amides is 2. The Morgan fingerprint density at radius 1 is 1.40 bits per heavy atom. The number of nitrogens with zero attached hydrogens (tertiary/aromatic N) is 2. The predicted octanol–water partition coefficient (Wildman–Crippen LogP) is 3.05. The number of likely N-dealkylation sites (tertiary alicyclic amines) is 1. The maximum atomic E-state index is 12.6. The van der Waals surface area contributed by atoms with Gasteiger partial charge in [-0.05, 0) is 43.9 Å². The van der Waals surface area contributed by atoms with Gasteiger partial charge in [0, 0.05) is 30.8 Å². The van der Waals surface area contributed by atoms with Crippen molar-refractivity contribution >= 4 is 11.7 Å². The Bertz CT molecular complexity index is 815. The molecule has 0 radical (unpaired) electrons. The highest BCUT2D eigenvalue weighted by atomic mass is 16.2. The lowest BCUT2D eigenvalue weighted by Crippen LogP contribution is -2.42. The lowest BCUT2D eigenvalue weighted by molar-refractivity contribution is 0.192. The third kappa shape index (κ3) is 4.26. The number of rotatable bonds is 3. The number of aryl methyl sites for hydroxylation is 2. The van der Waals surface area contributed by atoms with E-state index in [1.807, 2.05) is 29.2 Å². The van der Waals surface area contributed by atoms with Crippen LogP contribution < -0.4 is 10.9 Å². The van der Waals surface area contributed by atoms with Gasteiger partial charge >= 0.3 is 6.03 Å². The standard InChI is InChI=1S/C19H24N4O2/c1-3-14-6-4-8-16(10-14)22-19(25)23-9-5-7-15(12-23)17-11-18(24)21-13(2)20-17/h4,6,8,10-11,15H,3,5,7,9,12H2,1-2H3,(H,22,25)(H,20,21,24). The van der Waals surface area contributed by atoms with E-state index in [4.69, 9.17) is 0 Å². The predicted molar refractivity (Wildman–Crippen MR) is 98.0 cm³/mol. The van der Waals surface area contributed by atoms with E-state index < -0.39 is 0 Å². The SMILES string of the molecule is CCc1cccc(NC(=O)N2CCCC(c3cc(=O)[nH]c(C)n3)C2)c1. The topological polar surface area (TPSA) is 78.1 Å². The van der Waals surface area contributed by atoms with Gasteiger partial charge in [0.1, 0.15) is 5.82 Å². The summed E-state index contributed by atoms with van der Waals surface area (Å²) >= 11 is 0. The molecule has 132 valence electrons. The Morgan fingerprint density at radius 3 is 3.00 bits per heavy atom. The van der Waals surface area contributed by atoms with Crippen LogP contribution in [-0.4, -0.2) is 34.0 Å². The molecular weight excluding hydrogens is 316 g/mol. The summed E-state index contributed by atoms with van der Waals surface area (Å²) in [6.45, 7) is 5.17. The van der Waals surface area contributed by atoms with E-state index in [0.29, 0.717) is 12.4 Å². The summed E-state index contributed by atoms with van der Waals surface area (Å²) in [5.41, 5.74) is 2.64. The van der Waals surface area contributed by atoms with E-state index in [-0.39, 0.29) is 17.5 Å². The normalized spacial score (nSPS) is 17.4. The van der Waals surface area contributed by atoms with Crippen LogP contribution >= 0.6 is 0 Å². The van der Waals surface area contributed by atoms with E-state index in [9.17, 15) is 9.59 Å². The van der Waals surface area contributed by atoms with Gasteiger partial charge in [-0.1, -0.05) is 19.1 Å². The first-order valence-electron chi connectivity index (χ1n) is 8.78.